The Labute approximate surface area is 202 Å². The summed E-state index contributed by atoms with van der Waals surface area (Å²) in [5.41, 5.74) is -2.85. The predicted octanol–water partition coefficient (Wildman–Crippen LogP) is 5.84. The molecule has 1 saturated carbocycles. The normalized spacial score (nSPS) is 15.8. The number of pyridine rings is 1. The molecule has 194 valence electrons. The number of anilines is 1. The number of aromatic nitrogens is 3. The lowest BCUT2D eigenvalue weighted by molar-refractivity contribution is -0.0231. The van der Waals surface area contributed by atoms with Gasteiger partial charge in [-0.1, -0.05) is 18.2 Å². The van der Waals surface area contributed by atoms with E-state index in [1.165, 1.54) is 32.2 Å². The molecule has 0 aliphatic heterocycles. The molecular weight excluding hydrogens is 490 g/mol. The summed E-state index contributed by atoms with van der Waals surface area (Å²) < 4.78 is 88.4. The van der Waals surface area contributed by atoms with Crippen LogP contribution in [0.1, 0.15) is 56.1 Å². The second-order valence-corrected chi connectivity index (χ2v) is 9.15. The number of halogens is 6. The monoisotopic (exact) mass is 514 g/mol. The first kappa shape index (κ1) is 25.8. The number of nitrogens with one attached hydrogen (secondary N) is 1. The number of ether oxygens (including phenoxy) is 1. The number of alkyl halides is 5. The summed E-state index contributed by atoms with van der Waals surface area (Å²) in [6.07, 6.45) is -0.978. The molecular formula is C24H24F6N4O2. The molecule has 0 radical (unpaired) electrons. The minimum absolute atomic E-state index is 0.0601. The maximum Gasteiger partial charge on any atom is 0.295 e. The molecule has 1 N–H and O–H groups in total. The van der Waals surface area contributed by atoms with Gasteiger partial charge in [-0.15, -0.1) is 0 Å². The zero-order chi connectivity index (χ0) is 26.4. The van der Waals surface area contributed by atoms with Gasteiger partial charge < -0.3 is 14.6 Å². The smallest absolute Gasteiger partial charge is 0.295 e. The van der Waals surface area contributed by atoms with E-state index in [1.54, 1.807) is 0 Å². The van der Waals surface area contributed by atoms with Crippen LogP contribution in [0.3, 0.4) is 0 Å². The summed E-state index contributed by atoms with van der Waals surface area (Å²) >= 11 is 0. The number of benzene rings is 1. The van der Waals surface area contributed by atoms with Crippen LogP contribution in [0.2, 0.25) is 0 Å². The van der Waals surface area contributed by atoms with Crippen LogP contribution in [0.4, 0.5) is 32.2 Å². The second kappa shape index (κ2) is 9.29. The molecule has 0 amide bonds. The third-order valence-electron chi connectivity index (χ3n) is 6.11. The van der Waals surface area contributed by atoms with Crippen molar-refractivity contribution in [2.24, 2.45) is 0 Å². The summed E-state index contributed by atoms with van der Waals surface area (Å²) in [4.78, 5) is 21.7. The Morgan fingerprint density at radius 1 is 1.22 bits per heavy atom. The van der Waals surface area contributed by atoms with Gasteiger partial charge in [-0.3, -0.25) is 4.79 Å². The molecule has 6 nitrogen and oxygen atoms in total. The Kier molecular flexibility index (Phi) is 6.65. The van der Waals surface area contributed by atoms with Crippen molar-refractivity contribution < 1.29 is 31.1 Å². The van der Waals surface area contributed by atoms with Crippen molar-refractivity contribution in [3.8, 4) is 5.75 Å². The summed E-state index contributed by atoms with van der Waals surface area (Å²) in [5.74, 6) is -4.62. The zero-order valence-electron chi connectivity index (χ0n) is 19.7. The maximum atomic E-state index is 14.7. The summed E-state index contributed by atoms with van der Waals surface area (Å²) in [7, 11) is 0. The standard InChI is InChI=1S/C24H24F6N4O2/c1-12(14-5-4-6-15(17(14)26)20(27)28)31-21-16-9-34(24(10-25)7-8-24)22(35)19(36-11-23(3,29)30)18(16)32-13(2)33-21/h4-6,9,12,20H,7-8,10-11H2,1-3H3,(H,31,32,33)/t12-/m1/s1. The first-order valence-electron chi connectivity index (χ1n) is 11.2. The van der Waals surface area contributed by atoms with E-state index in [-0.39, 0.29) is 28.1 Å². The van der Waals surface area contributed by atoms with E-state index < -0.39 is 59.9 Å². The molecule has 0 saturated heterocycles. The average Bonchev–Trinajstić information content (AvgIpc) is 3.58. The Morgan fingerprint density at radius 2 is 1.89 bits per heavy atom. The molecule has 0 unspecified atom stereocenters. The Balaban J connectivity index is 1.86. The van der Waals surface area contributed by atoms with Crippen LogP contribution >= 0.6 is 0 Å². The van der Waals surface area contributed by atoms with Crippen LogP contribution in [0.15, 0.2) is 29.2 Å². The first-order chi connectivity index (χ1) is 16.9. The van der Waals surface area contributed by atoms with Crippen molar-refractivity contribution in [1.82, 2.24) is 14.5 Å². The summed E-state index contributed by atoms with van der Waals surface area (Å²) in [6, 6.07) is 2.75. The third-order valence-corrected chi connectivity index (χ3v) is 6.11. The fraction of sp³-hybridized carbons (Fsp3) is 0.458. The van der Waals surface area contributed by atoms with Crippen molar-refractivity contribution >= 4 is 16.7 Å². The third kappa shape index (κ3) is 4.85. The molecule has 1 aliphatic carbocycles. The number of nitrogens with zero attached hydrogens (tertiary/aromatic N) is 3. The number of hydrogen-bond acceptors (Lipinski definition) is 5. The zero-order valence-corrected chi connectivity index (χ0v) is 19.7. The van der Waals surface area contributed by atoms with E-state index >= 15 is 0 Å². The summed E-state index contributed by atoms with van der Waals surface area (Å²) in [6.45, 7) is 1.65. The second-order valence-electron chi connectivity index (χ2n) is 9.15. The lowest BCUT2D eigenvalue weighted by Crippen LogP contribution is -2.34. The Bertz CT molecular complexity index is 1350. The highest BCUT2D eigenvalue weighted by molar-refractivity contribution is 5.92. The lowest BCUT2D eigenvalue weighted by Gasteiger charge is -2.22. The molecule has 3 aromatic rings. The predicted molar refractivity (Wildman–Crippen MR) is 121 cm³/mol. The van der Waals surface area contributed by atoms with Crippen LogP contribution in [0.5, 0.6) is 5.75 Å². The summed E-state index contributed by atoms with van der Waals surface area (Å²) in [5, 5.41) is 3.08. The van der Waals surface area contributed by atoms with Crippen molar-refractivity contribution in [3.05, 3.63) is 57.5 Å². The molecule has 1 fully saturated rings. The molecule has 36 heavy (non-hydrogen) atoms. The highest BCUT2D eigenvalue weighted by Crippen LogP contribution is 2.44. The number of aryl methyl sites for hydroxylation is 1. The van der Waals surface area contributed by atoms with Crippen molar-refractivity contribution in [3.63, 3.8) is 0 Å². The average molecular weight is 514 g/mol. The highest BCUT2D eigenvalue weighted by atomic mass is 19.3. The Morgan fingerprint density at radius 3 is 2.47 bits per heavy atom. The number of fused-ring (bicyclic) bond motifs is 1. The van der Waals surface area contributed by atoms with Crippen molar-refractivity contribution in [1.29, 1.82) is 0 Å². The molecule has 2 aromatic heterocycles. The minimum atomic E-state index is -3.26. The van der Waals surface area contributed by atoms with Gasteiger partial charge in [0.15, 0.2) is 6.61 Å². The Hall–Kier alpha value is -3.31. The van der Waals surface area contributed by atoms with Gasteiger partial charge in [-0.25, -0.2) is 36.3 Å². The van der Waals surface area contributed by atoms with Gasteiger partial charge in [0.05, 0.1) is 22.5 Å². The van der Waals surface area contributed by atoms with Gasteiger partial charge in [0.2, 0.25) is 5.75 Å². The van der Waals surface area contributed by atoms with Gasteiger partial charge in [0.1, 0.15) is 29.7 Å². The maximum absolute atomic E-state index is 14.7. The molecule has 1 aliphatic rings. The van der Waals surface area contributed by atoms with Gasteiger partial charge in [-0.05, 0) is 26.7 Å². The van der Waals surface area contributed by atoms with Crippen LogP contribution in [-0.2, 0) is 5.54 Å². The number of hydrogen-bond donors (Lipinski definition) is 1. The molecule has 0 bridgehead atoms. The van der Waals surface area contributed by atoms with E-state index in [0.29, 0.717) is 19.8 Å². The van der Waals surface area contributed by atoms with Crippen LogP contribution in [-0.4, -0.2) is 33.7 Å². The number of rotatable bonds is 9. The highest BCUT2D eigenvalue weighted by Gasteiger charge is 2.46. The molecule has 2 heterocycles. The van der Waals surface area contributed by atoms with E-state index in [4.69, 9.17) is 4.74 Å². The van der Waals surface area contributed by atoms with E-state index in [9.17, 15) is 31.1 Å². The molecule has 4 rings (SSSR count). The van der Waals surface area contributed by atoms with E-state index in [2.05, 4.69) is 15.3 Å². The van der Waals surface area contributed by atoms with Crippen LogP contribution in [0, 0.1) is 12.7 Å². The minimum Gasteiger partial charge on any atom is -0.480 e. The molecule has 1 aromatic carbocycles. The fourth-order valence-electron chi connectivity index (χ4n) is 4.00. The topological polar surface area (TPSA) is 69.0 Å². The molecule has 0 spiro atoms. The lowest BCUT2D eigenvalue weighted by atomic mass is 10.0. The largest absolute Gasteiger partial charge is 0.480 e. The van der Waals surface area contributed by atoms with Gasteiger partial charge >= 0.3 is 0 Å². The van der Waals surface area contributed by atoms with E-state index in [1.807, 2.05) is 0 Å². The fourth-order valence-corrected chi connectivity index (χ4v) is 4.00. The van der Waals surface area contributed by atoms with Crippen molar-refractivity contribution in [2.75, 3.05) is 18.6 Å². The SMILES string of the molecule is Cc1nc(N[C@H](C)c2cccc(C(F)F)c2F)c2cn(C3(CF)CC3)c(=O)c(OCC(C)(F)F)c2n1. The van der Waals surface area contributed by atoms with Gasteiger partial charge in [-0.2, -0.15) is 0 Å². The van der Waals surface area contributed by atoms with Gasteiger partial charge in [0, 0.05) is 18.7 Å². The molecule has 12 heteroatoms. The quantitative estimate of drug-likeness (QED) is 0.363. The van der Waals surface area contributed by atoms with Crippen molar-refractivity contribution in [2.45, 2.75) is 57.5 Å². The van der Waals surface area contributed by atoms with E-state index in [0.717, 1.165) is 10.6 Å². The van der Waals surface area contributed by atoms with Crippen LogP contribution in [0.25, 0.3) is 10.9 Å². The molecule has 1 atom stereocenters. The van der Waals surface area contributed by atoms with Gasteiger partial charge in [0.25, 0.3) is 17.9 Å². The van der Waals surface area contributed by atoms with Crippen LogP contribution < -0.4 is 15.6 Å². The first-order valence-corrected chi connectivity index (χ1v) is 11.2.